The fourth-order valence-corrected chi connectivity index (χ4v) is 4.32. The van der Waals surface area contributed by atoms with Crippen molar-refractivity contribution in [2.24, 2.45) is 0 Å². The Morgan fingerprint density at radius 3 is 2.78 bits per heavy atom. The van der Waals surface area contributed by atoms with Crippen LogP contribution in [0.15, 0.2) is 53.4 Å². The summed E-state index contributed by atoms with van der Waals surface area (Å²) in [6.45, 7) is 9.92. The molecule has 11 heteroatoms. The first-order valence-electron chi connectivity index (χ1n) is 12.1. The Morgan fingerprint density at radius 2 is 1.97 bits per heavy atom. The van der Waals surface area contributed by atoms with Crippen LogP contribution in [0.1, 0.15) is 46.6 Å². The highest BCUT2D eigenvalue weighted by molar-refractivity contribution is 5.94. The Hall–Kier alpha value is -4.12. The lowest BCUT2D eigenvalue weighted by atomic mass is 10.1. The third-order valence-corrected chi connectivity index (χ3v) is 5.96. The monoisotopic (exact) mass is 503 g/mol. The number of nitrogens with one attached hydrogen (secondary N) is 1. The number of fused-ring (bicyclic) bond motifs is 1. The molecule has 0 aliphatic carbocycles. The molecule has 37 heavy (non-hydrogen) atoms. The second kappa shape index (κ2) is 9.74. The number of hydrogen-bond acceptors (Lipinski definition) is 10. The molecule has 0 bridgehead atoms. The van der Waals surface area contributed by atoms with E-state index in [9.17, 15) is 4.79 Å². The lowest BCUT2D eigenvalue weighted by Gasteiger charge is -2.31. The smallest absolute Gasteiger partial charge is 0.416 e. The van der Waals surface area contributed by atoms with Crippen LogP contribution in [-0.4, -0.2) is 55.5 Å². The quantitative estimate of drug-likeness (QED) is 0.376. The SMILES string of the molecule is C[C@H](Nc1nccc(N2C(=O)OC[C@@H]2[C@@H](C)OC(C)(C)C)n1)c1nc(-c2cccc3ccncc23)no1. The molecule has 1 aliphatic heterocycles. The normalized spacial score (nSPS) is 17.6. The van der Waals surface area contributed by atoms with Gasteiger partial charge in [0.1, 0.15) is 24.5 Å². The van der Waals surface area contributed by atoms with Gasteiger partial charge in [-0.3, -0.25) is 9.88 Å². The predicted octanol–water partition coefficient (Wildman–Crippen LogP) is 4.78. The van der Waals surface area contributed by atoms with Crippen LogP contribution in [-0.2, 0) is 9.47 Å². The van der Waals surface area contributed by atoms with Crippen molar-refractivity contribution < 1.29 is 18.8 Å². The first kappa shape index (κ1) is 24.6. The number of ether oxygens (including phenoxy) is 2. The van der Waals surface area contributed by atoms with E-state index in [4.69, 9.17) is 14.0 Å². The van der Waals surface area contributed by atoms with E-state index in [1.54, 1.807) is 24.7 Å². The van der Waals surface area contributed by atoms with Gasteiger partial charge in [0, 0.05) is 29.5 Å². The van der Waals surface area contributed by atoms with Crippen molar-refractivity contribution in [2.45, 2.75) is 58.4 Å². The number of nitrogens with zero attached hydrogens (tertiary/aromatic N) is 6. The van der Waals surface area contributed by atoms with Crippen molar-refractivity contribution in [2.75, 3.05) is 16.8 Å². The highest BCUT2D eigenvalue weighted by atomic mass is 16.6. The van der Waals surface area contributed by atoms with Gasteiger partial charge >= 0.3 is 6.09 Å². The number of carbonyl (C=O) groups excluding carboxylic acids is 1. The Bertz CT molecular complexity index is 1410. The summed E-state index contributed by atoms with van der Waals surface area (Å²) in [7, 11) is 0. The zero-order chi connectivity index (χ0) is 26.2. The van der Waals surface area contributed by atoms with E-state index in [1.807, 2.05) is 58.9 Å². The number of benzene rings is 1. The van der Waals surface area contributed by atoms with Gasteiger partial charge in [0.05, 0.1) is 11.7 Å². The van der Waals surface area contributed by atoms with E-state index >= 15 is 0 Å². The highest BCUT2D eigenvalue weighted by Crippen LogP contribution is 2.29. The summed E-state index contributed by atoms with van der Waals surface area (Å²) >= 11 is 0. The molecule has 1 saturated heterocycles. The molecule has 1 aliphatic rings. The van der Waals surface area contributed by atoms with Crippen LogP contribution in [0.3, 0.4) is 0 Å². The third kappa shape index (κ3) is 5.21. The Kier molecular flexibility index (Phi) is 6.46. The van der Waals surface area contributed by atoms with E-state index in [-0.39, 0.29) is 24.4 Å². The van der Waals surface area contributed by atoms with E-state index < -0.39 is 12.1 Å². The van der Waals surface area contributed by atoms with Gasteiger partial charge in [-0.05, 0) is 52.1 Å². The predicted molar refractivity (Wildman–Crippen MR) is 137 cm³/mol. The molecule has 0 radical (unpaired) electrons. The Labute approximate surface area is 214 Å². The molecular formula is C26H29N7O4. The minimum atomic E-state index is -0.474. The number of carbonyl (C=O) groups is 1. The average Bonchev–Trinajstić information content (AvgIpc) is 3.50. The zero-order valence-corrected chi connectivity index (χ0v) is 21.4. The molecule has 3 atom stereocenters. The molecule has 3 aromatic heterocycles. The second-order valence-corrected chi connectivity index (χ2v) is 9.91. The number of amides is 1. The molecule has 0 spiro atoms. The van der Waals surface area contributed by atoms with Crippen LogP contribution >= 0.6 is 0 Å². The van der Waals surface area contributed by atoms with Crippen molar-refractivity contribution in [1.82, 2.24) is 25.1 Å². The lowest BCUT2D eigenvalue weighted by molar-refractivity contribution is -0.0618. The summed E-state index contributed by atoms with van der Waals surface area (Å²) in [5, 5.41) is 9.32. The minimum absolute atomic E-state index is 0.216. The molecular weight excluding hydrogens is 474 g/mol. The molecule has 1 fully saturated rings. The van der Waals surface area contributed by atoms with Crippen LogP contribution in [0.2, 0.25) is 0 Å². The molecule has 11 nitrogen and oxygen atoms in total. The number of cyclic esters (lactones) is 1. The van der Waals surface area contributed by atoms with Gasteiger partial charge in [-0.1, -0.05) is 23.4 Å². The summed E-state index contributed by atoms with van der Waals surface area (Å²) in [4.78, 5) is 31.7. The first-order chi connectivity index (χ1) is 17.7. The molecule has 4 aromatic rings. The fraction of sp³-hybridized carbons (Fsp3) is 0.385. The van der Waals surface area contributed by atoms with Crippen LogP contribution in [0.5, 0.6) is 0 Å². The van der Waals surface area contributed by atoms with Gasteiger partial charge < -0.3 is 19.3 Å². The number of rotatable bonds is 7. The van der Waals surface area contributed by atoms with Crippen LogP contribution in [0, 0.1) is 0 Å². The molecule has 0 unspecified atom stereocenters. The minimum Gasteiger partial charge on any atom is -0.447 e. The molecule has 1 aromatic carbocycles. The standard InChI is InChI=1S/C26H29N7O4/c1-15(23-31-22(32-37-23)18-8-6-7-17-9-11-27-13-19(17)18)29-24-28-12-10-21(30-24)33-20(14-35-25(33)34)16(2)36-26(3,4)5/h6-13,15-16,20H,14H2,1-5H3,(H,28,29,30)/t15-,16+,20+/m0/s1. The van der Waals surface area contributed by atoms with Gasteiger partial charge in [0.2, 0.25) is 17.7 Å². The summed E-state index contributed by atoms with van der Waals surface area (Å²) in [6, 6.07) is 8.77. The molecule has 0 saturated carbocycles. The Balaban J connectivity index is 1.34. The van der Waals surface area contributed by atoms with Crippen molar-refractivity contribution >= 4 is 28.6 Å². The second-order valence-electron chi connectivity index (χ2n) is 9.91. The topological polar surface area (TPSA) is 128 Å². The van der Waals surface area contributed by atoms with Gasteiger partial charge in [-0.2, -0.15) is 9.97 Å². The molecule has 192 valence electrons. The number of aromatic nitrogens is 5. The van der Waals surface area contributed by atoms with E-state index in [0.29, 0.717) is 23.5 Å². The summed E-state index contributed by atoms with van der Waals surface area (Å²) < 4.78 is 16.9. The molecule has 1 N–H and O–H groups in total. The summed E-state index contributed by atoms with van der Waals surface area (Å²) in [6.07, 6.45) is 4.37. The van der Waals surface area contributed by atoms with Crippen molar-refractivity contribution in [1.29, 1.82) is 0 Å². The number of pyridine rings is 1. The van der Waals surface area contributed by atoms with Crippen molar-refractivity contribution in [3.8, 4) is 11.4 Å². The largest absolute Gasteiger partial charge is 0.447 e. The van der Waals surface area contributed by atoms with E-state index in [1.165, 1.54) is 4.90 Å². The lowest BCUT2D eigenvalue weighted by Crippen LogP contribution is -2.45. The summed E-state index contributed by atoms with van der Waals surface area (Å²) in [5.41, 5.74) is 0.465. The highest BCUT2D eigenvalue weighted by Gasteiger charge is 2.40. The van der Waals surface area contributed by atoms with Gasteiger partial charge in [-0.15, -0.1) is 0 Å². The van der Waals surface area contributed by atoms with Crippen molar-refractivity contribution in [3.63, 3.8) is 0 Å². The third-order valence-electron chi connectivity index (χ3n) is 5.96. The van der Waals surface area contributed by atoms with Gasteiger partial charge in [0.25, 0.3) is 0 Å². The van der Waals surface area contributed by atoms with Crippen LogP contribution in [0.25, 0.3) is 22.2 Å². The molecule has 4 heterocycles. The number of hydrogen-bond donors (Lipinski definition) is 1. The maximum atomic E-state index is 12.6. The van der Waals surface area contributed by atoms with Gasteiger partial charge in [0.15, 0.2) is 0 Å². The number of anilines is 2. The van der Waals surface area contributed by atoms with Crippen LogP contribution in [0.4, 0.5) is 16.6 Å². The maximum Gasteiger partial charge on any atom is 0.416 e. The Morgan fingerprint density at radius 1 is 1.14 bits per heavy atom. The average molecular weight is 504 g/mol. The summed E-state index contributed by atoms with van der Waals surface area (Å²) in [5.74, 6) is 1.56. The van der Waals surface area contributed by atoms with Crippen LogP contribution < -0.4 is 10.2 Å². The van der Waals surface area contributed by atoms with Crippen molar-refractivity contribution in [3.05, 3.63) is 54.8 Å². The zero-order valence-electron chi connectivity index (χ0n) is 21.4. The first-order valence-corrected chi connectivity index (χ1v) is 12.1. The van der Waals surface area contributed by atoms with E-state index in [2.05, 4.69) is 30.4 Å². The maximum absolute atomic E-state index is 12.6. The molecule has 1 amide bonds. The molecule has 5 rings (SSSR count). The van der Waals surface area contributed by atoms with E-state index in [0.717, 1.165) is 16.3 Å². The fourth-order valence-electron chi connectivity index (χ4n) is 4.32. The van der Waals surface area contributed by atoms with Gasteiger partial charge in [-0.25, -0.2) is 9.78 Å².